The first-order valence-electron chi connectivity index (χ1n) is 6.67. The molecule has 0 aliphatic rings. The van der Waals surface area contributed by atoms with Gasteiger partial charge in [0.25, 0.3) is 5.91 Å². The molecule has 0 aliphatic carbocycles. The number of hydrogen-bond donors (Lipinski definition) is 1. The number of para-hydroxylation sites is 1. The summed E-state index contributed by atoms with van der Waals surface area (Å²) in [5.41, 5.74) is 1.67. The van der Waals surface area contributed by atoms with E-state index in [9.17, 15) is 4.79 Å². The molecule has 1 N–H and O–H groups in total. The molecule has 3 rings (SSSR count). The van der Waals surface area contributed by atoms with Crippen LogP contribution in [0.1, 0.15) is 16.1 Å². The largest absolute Gasteiger partial charge is 0.492 e. The SMILES string of the molecule is COc1c(C(=O)NCc2ccccc2)oc2ccccc12. The monoisotopic (exact) mass is 281 g/mol. The highest BCUT2D eigenvalue weighted by Gasteiger charge is 2.20. The summed E-state index contributed by atoms with van der Waals surface area (Å²) in [6.07, 6.45) is 0. The highest BCUT2D eigenvalue weighted by atomic mass is 16.5. The van der Waals surface area contributed by atoms with Crippen LogP contribution >= 0.6 is 0 Å². The van der Waals surface area contributed by atoms with Crippen LogP contribution in [-0.2, 0) is 6.54 Å². The van der Waals surface area contributed by atoms with E-state index in [1.807, 2.05) is 54.6 Å². The van der Waals surface area contributed by atoms with Gasteiger partial charge in [-0.1, -0.05) is 42.5 Å². The molecule has 0 atom stereocenters. The van der Waals surface area contributed by atoms with Gasteiger partial charge in [-0.2, -0.15) is 0 Å². The minimum atomic E-state index is -0.285. The van der Waals surface area contributed by atoms with Crippen molar-refractivity contribution in [3.8, 4) is 5.75 Å². The quantitative estimate of drug-likeness (QED) is 0.797. The van der Waals surface area contributed by atoms with Crippen LogP contribution in [0.15, 0.2) is 59.0 Å². The van der Waals surface area contributed by atoms with Crippen LogP contribution in [0.4, 0.5) is 0 Å². The van der Waals surface area contributed by atoms with Crippen molar-refractivity contribution >= 4 is 16.9 Å². The zero-order valence-corrected chi connectivity index (χ0v) is 11.6. The molecular weight excluding hydrogens is 266 g/mol. The van der Waals surface area contributed by atoms with Gasteiger partial charge in [0, 0.05) is 6.54 Å². The van der Waals surface area contributed by atoms with Crippen LogP contribution in [0.3, 0.4) is 0 Å². The van der Waals surface area contributed by atoms with Crippen molar-refractivity contribution < 1.29 is 13.9 Å². The maximum atomic E-state index is 12.3. The lowest BCUT2D eigenvalue weighted by atomic mass is 10.2. The predicted octanol–water partition coefficient (Wildman–Crippen LogP) is 3.37. The van der Waals surface area contributed by atoms with Crippen LogP contribution in [0, 0.1) is 0 Å². The standard InChI is InChI=1S/C17H15NO3/c1-20-15-13-9-5-6-10-14(13)21-16(15)17(19)18-11-12-7-3-2-4-8-12/h2-10H,11H2,1H3,(H,18,19). The Morgan fingerprint density at radius 2 is 1.81 bits per heavy atom. The second-order valence-electron chi connectivity index (χ2n) is 4.63. The van der Waals surface area contributed by atoms with Gasteiger partial charge in [-0.05, 0) is 17.7 Å². The molecule has 4 heteroatoms. The lowest BCUT2D eigenvalue weighted by Crippen LogP contribution is -2.22. The Kier molecular flexibility index (Phi) is 3.60. The number of nitrogens with one attached hydrogen (secondary N) is 1. The molecule has 0 unspecified atom stereocenters. The number of fused-ring (bicyclic) bond motifs is 1. The number of carbonyl (C=O) groups excluding carboxylic acids is 1. The average molecular weight is 281 g/mol. The van der Waals surface area contributed by atoms with E-state index in [-0.39, 0.29) is 11.7 Å². The van der Waals surface area contributed by atoms with Gasteiger partial charge in [0.2, 0.25) is 5.76 Å². The molecule has 0 saturated heterocycles. The van der Waals surface area contributed by atoms with Gasteiger partial charge in [0.15, 0.2) is 5.75 Å². The summed E-state index contributed by atoms with van der Waals surface area (Å²) in [4.78, 5) is 12.3. The van der Waals surface area contributed by atoms with Crippen molar-refractivity contribution in [2.24, 2.45) is 0 Å². The summed E-state index contributed by atoms with van der Waals surface area (Å²) in [6.45, 7) is 0.444. The molecule has 21 heavy (non-hydrogen) atoms. The normalized spacial score (nSPS) is 10.5. The van der Waals surface area contributed by atoms with Gasteiger partial charge in [-0.15, -0.1) is 0 Å². The van der Waals surface area contributed by atoms with E-state index in [1.165, 1.54) is 7.11 Å². The van der Waals surface area contributed by atoms with Crippen molar-refractivity contribution in [3.05, 3.63) is 65.9 Å². The zero-order chi connectivity index (χ0) is 14.7. The Hall–Kier alpha value is -2.75. The molecule has 4 nitrogen and oxygen atoms in total. The van der Waals surface area contributed by atoms with Gasteiger partial charge >= 0.3 is 0 Å². The number of furan rings is 1. The average Bonchev–Trinajstić information content (AvgIpc) is 2.92. The summed E-state index contributed by atoms with van der Waals surface area (Å²) in [6, 6.07) is 17.1. The van der Waals surface area contributed by atoms with E-state index in [0.717, 1.165) is 10.9 Å². The molecule has 0 saturated carbocycles. The summed E-state index contributed by atoms with van der Waals surface area (Å²) in [5.74, 6) is 0.387. The second-order valence-corrected chi connectivity index (χ2v) is 4.63. The van der Waals surface area contributed by atoms with E-state index < -0.39 is 0 Å². The number of carbonyl (C=O) groups is 1. The minimum absolute atomic E-state index is 0.203. The molecule has 3 aromatic rings. The Labute approximate surface area is 122 Å². The molecule has 1 aromatic heterocycles. The van der Waals surface area contributed by atoms with Gasteiger partial charge in [0.05, 0.1) is 12.5 Å². The summed E-state index contributed by atoms with van der Waals surface area (Å²) in [5, 5.41) is 3.63. The Bertz CT molecular complexity index is 762. The number of benzene rings is 2. The van der Waals surface area contributed by atoms with Crippen molar-refractivity contribution in [2.45, 2.75) is 6.54 Å². The fourth-order valence-electron chi connectivity index (χ4n) is 2.23. The number of rotatable bonds is 4. The van der Waals surface area contributed by atoms with Crippen LogP contribution < -0.4 is 10.1 Å². The zero-order valence-electron chi connectivity index (χ0n) is 11.6. The topological polar surface area (TPSA) is 51.5 Å². The number of amides is 1. The maximum Gasteiger partial charge on any atom is 0.291 e. The lowest BCUT2D eigenvalue weighted by Gasteiger charge is -2.04. The van der Waals surface area contributed by atoms with Crippen LogP contribution in [0.2, 0.25) is 0 Å². The molecule has 0 radical (unpaired) electrons. The van der Waals surface area contributed by atoms with Crippen molar-refractivity contribution in [1.29, 1.82) is 0 Å². The third-order valence-corrected chi connectivity index (χ3v) is 3.26. The van der Waals surface area contributed by atoms with Crippen molar-refractivity contribution in [2.75, 3.05) is 7.11 Å². The molecule has 0 bridgehead atoms. The van der Waals surface area contributed by atoms with Gasteiger partial charge < -0.3 is 14.5 Å². The van der Waals surface area contributed by atoms with E-state index in [0.29, 0.717) is 17.9 Å². The van der Waals surface area contributed by atoms with Crippen molar-refractivity contribution in [3.63, 3.8) is 0 Å². The van der Waals surface area contributed by atoms with Crippen LogP contribution in [0.5, 0.6) is 5.75 Å². The summed E-state index contributed by atoms with van der Waals surface area (Å²) >= 11 is 0. The Morgan fingerprint density at radius 1 is 1.10 bits per heavy atom. The molecule has 1 heterocycles. The molecule has 0 fully saturated rings. The van der Waals surface area contributed by atoms with Crippen molar-refractivity contribution in [1.82, 2.24) is 5.32 Å². The summed E-state index contributed by atoms with van der Waals surface area (Å²) in [7, 11) is 1.53. The third kappa shape index (κ3) is 2.60. The third-order valence-electron chi connectivity index (χ3n) is 3.26. The minimum Gasteiger partial charge on any atom is -0.492 e. The fourth-order valence-corrected chi connectivity index (χ4v) is 2.23. The first-order chi connectivity index (χ1) is 10.3. The highest BCUT2D eigenvalue weighted by Crippen LogP contribution is 2.32. The van der Waals surface area contributed by atoms with Gasteiger partial charge in [0.1, 0.15) is 5.58 Å². The predicted molar refractivity (Wildman–Crippen MR) is 80.4 cm³/mol. The van der Waals surface area contributed by atoms with Gasteiger partial charge in [-0.3, -0.25) is 4.79 Å². The second kappa shape index (κ2) is 5.71. The molecule has 106 valence electrons. The number of methoxy groups -OCH3 is 1. The fraction of sp³-hybridized carbons (Fsp3) is 0.118. The Balaban J connectivity index is 1.84. The van der Waals surface area contributed by atoms with Gasteiger partial charge in [-0.25, -0.2) is 0 Å². The molecule has 0 spiro atoms. The van der Waals surface area contributed by atoms with Crippen LogP contribution in [-0.4, -0.2) is 13.0 Å². The van der Waals surface area contributed by atoms with E-state index in [1.54, 1.807) is 0 Å². The molecule has 1 amide bonds. The smallest absolute Gasteiger partial charge is 0.291 e. The summed E-state index contributed by atoms with van der Waals surface area (Å²) < 4.78 is 10.9. The van der Waals surface area contributed by atoms with E-state index >= 15 is 0 Å². The van der Waals surface area contributed by atoms with E-state index in [2.05, 4.69) is 5.32 Å². The number of hydrogen-bond acceptors (Lipinski definition) is 3. The van der Waals surface area contributed by atoms with E-state index in [4.69, 9.17) is 9.15 Å². The molecule has 0 aliphatic heterocycles. The number of ether oxygens (including phenoxy) is 1. The maximum absolute atomic E-state index is 12.3. The van der Waals surface area contributed by atoms with Crippen LogP contribution in [0.25, 0.3) is 11.0 Å². The first kappa shape index (κ1) is 13.2. The molecular formula is C17H15NO3. The Morgan fingerprint density at radius 3 is 2.57 bits per heavy atom. The first-order valence-corrected chi connectivity index (χ1v) is 6.67. The lowest BCUT2D eigenvalue weighted by molar-refractivity contribution is 0.0921. The molecule has 2 aromatic carbocycles. The highest BCUT2D eigenvalue weighted by molar-refractivity contribution is 6.01.